The summed E-state index contributed by atoms with van der Waals surface area (Å²) in [4.78, 5) is 31.7. The van der Waals surface area contributed by atoms with E-state index in [4.69, 9.17) is 0 Å². The molecule has 4 rings (SSSR count). The van der Waals surface area contributed by atoms with Crippen molar-refractivity contribution in [3.63, 3.8) is 0 Å². The molecule has 0 spiro atoms. The molecule has 0 bridgehead atoms. The first-order chi connectivity index (χ1) is 13.2. The Hall–Kier alpha value is -2.69. The molecule has 5 heteroatoms. The molecule has 1 aliphatic carbocycles. The molecule has 27 heavy (non-hydrogen) atoms. The van der Waals surface area contributed by atoms with Crippen molar-refractivity contribution in [3.8, 4) is 0 Å². The molecule has 1 saturated carbocycles. The third-order valence-corrected chi connectivity index (χ3v) is 5.54. The number of carbonyl (C=O) groups is 2. The Morgan fingerprint density at radius 1 is 1.04 bits per heavy atom. The molecule has 1 N–H and O–H groups in total. The minimum absolute atomic E-state index is 0.114. The molecule has 5 nitrogen and oxygen atoms in total. The molecule has 1 aromatic heterocycles. The summed E-state index contributed by atoms with van der Waals surface area (Å²) in [6.07, 6.45) is 9.12. The zero-order chi connectivity index (χ0) is 18.6. The Morgan fingerprint density at radius 3 is 2.70 bits per heavy atom. The zero-order valence-corrected chi connectivity index (χ0v) is 15.5. The fraction of sp³-hybridized carbons (Fsp3) is 0.409. The van der Waals surface area contributed by atoms with Gasteiger partial charge in [0.15, 0.2) is 0 Å². The molecule has 1 fully saturated rings. The number of para-hydroxylation sites is 1. The SMILES string of the molecule is O=C(NC1CCCCC1)c1ccnc(C(=O)N2CCCc3ccccc32)c1. The maximum Gasteiger partial charge on any atom is 0.276 e. The summed E-state index contributed by atoms with van der Waals surface area (Å²) in [5, 5.41) is 3.10. The van der Waals surface area contributed by atoms with Gasteiger partial charge in [-0.2, -0.15) is 0 Å². The molecule has 0 unspecified atom stereocenters. The van der Waals surface area contributed by atoms with Crippen LogP contribution in [0.3, 0.4) is 0 Å². The van der Waals surface area contributed by atoms with E-state index in [0.717, 1.165) is 31.4 Å². The molecule has 0 radical (unpaired) electrons. The largest absolute Gasteiger partial charge is 0.349 e. The van der Waals surface area contributed by atoms with E-state index in [2.05, 4.69) is 16.4 Å². The number of nitrogens with one attached hydrogen (secondary N) is 1. The van der Waals surface area contributed by atoms with Gasteiger partial charge in [-0.15, -0.1) is 0 Å². The fourth-order valence-corrected chi connectivity index (χ4v) is 4.09. The molecule has 0 saturated heterocycles. The van der Waals surface area contributed by atoms with Crippen LogP contribution in [0.25, 0.3) is 0 Å². The van der Waals surface area contributed by atoms with Crippen molar-refractivity contribution < 1.29 is 9.59 Å². The van der Waals surface area contributed by atoms with Gasteiger partial charge in [0.25, 0.3) is 11.8 Å². The minimum atomic E-state index is -0.144. The maximum atomic E-state index is 13.1. The van der Waals surface area contributed by atoms with Gasteiger partial charge in [0.05, 0.1) is 0 Å². The number of benzene rings is 1. The number of fused-ring (bicyclic) bond motifs is 1. The predicted molar refractivity (Wildman–Crippen MR) is 105 cm³/mol. The number of amides is 2. The monoisotopic (exact) mass is 363 g/mol. The van der Waals surface area contributed by atoms with E-state index >= 15 is 0 Å². The molecule has 1 aliphatic heterocycles. The highest BCUT2D eigenvalue weighted by molar-refractivity contribution is 6.07. The topological polar surface area (TPSA) is 62.3 Å². The van der Waals surface area contributed by atoms with Gasteiger partial charge < -0.3 is 10.2 Å². The highest BCUT2D eigenvalue weighted by Crippen LogP contribution is 2.28. The van der Waals surface area contributed by atoms with Crippen LogP contribution in [-0.4, -0.2) is 29.4 Å². The van der Waals surface area contributed by atoms with E-state index in [0.29, 0.717) is 17.8 Å². The first-order valence-electron chi connectivity index (χ1n) is 9.89. The van der Waals surface area contributed by atoms with E-state index in [1.54, 1.807) is 23.2 Å². The lowest BCUT2D eigenvalue weighted by atomic mass is 9.95. The second-order valence-corrected chi connectivity index (χ2v) is 7.43. The van der Waals surface area contributed by atoms with Crippen LogP contribution < -0.4 is 10.2 Å². The Bertz CT molecular complexity index is 843. The Kier molecular flexibility index (Phi) is 5.19. The lowest BCUT2D eigenvalue weighted by Crippen LogP contribution is -2.37. The van der Waals surface area contributed by atoms with E-state index in [1.165, 1.54) is 24.8 Å². The summed E-state index contributed by atoms with van der Waals surface area (Å²) < 4.78 is 0. The van der Waals surface area contributed by atoms with Crippen molar-refractivity contribution in [2.45, 2.75) is 51.0 Å². The van der Waals surface area contributed by atoms with Crippen LogP contribution in [0.15, 0.2) is 42.6 Å². The van der Waals surface area contributed by atoms with Crippen LogP contribution >= 0.6 is 0 Å². The van der Waals surface area contributed by atoms with E-state index in [1.807, 2.05) is 18.2 Å². The third-order valence-electron chi connectivity index (χ3n) is 5.54. The molecule has 0 atom stereocenters. The Balaban J connectivity index is 1.52. The predicted octanol–water partition coefficient (Wildman–Crippen LogP) is 3.74. The molecular formula is C22H25N3O2. The number of hydrogen-bond donors (Lipinski definition) is 1. The van der Waals surface area contributed by atoms with Gasteiger partial charge in [-0.1, -0.05) is 37.5 Å². The number of carbonyl (C=O) groups excluding carboxylic acids is 2. The Morgan fingerprint density at radius 2 is 1.85 bits per heavy atom. The van der Waals surface area contributed by atoms with Crippen molar-refractivity contribution in [2.75, 3.05) is 11.4 Å². The Labute approximate surface area is 159 Å². The molecule has 2 aliphatic rings. The van der Waals surface area contributed by atoms with Gasteiger partial charge >= 0.3 is 0 Å². The van der Waals surface area contributed by atoms with E-state index in [9.17, 15) is 9.59 Å². The van der Waals surface area contributed by atoms with Crippen LogP contribution in [0.5, 0.6) is 0 Å². The number of anilines is 1. The van der Waals surface area contributed by atoms with Crippen molar-refractivity contribution in [3.05, 3.63) is 59.4 Å². The lowest BCUT2D eigenvalue weighted by molar-refractivity contribution is 0.0927. The van der Waals surface area contributed by atoms with Crippen LogP contribution in [0.4, 0.5) is 5.69 Å². The van der Waals surface area contributed by atoms with Crippen molar-refractivity contribution in [2.24, 2.45) is 0 Å². The van der Waals surface area contributed by atoms with Crippen molar-refractivity contribution >= 4 is 17.5 Å². The summed E-state index contributed by atoms with van der Waals surface area (Å²) in [5.74, 6) is -0.258. The van der Waals surface area contributed by atoms with Crippen LogP contribution in [0.2, 0.25) is 0 Å². The average molecular weight is 363 g/mol. The number of hydrogen-bond acceptors (Lipinski definition) is 3. The van der Waals surface area contributed by atoms with E-state index in [-0.39, 0.29) is 17.9 Å². The normalized spacial score (nSPS) is 17.3. The number of aromatic nitrogens is 1. The summed E-state index contributed by atoms with van der Waals surface area (Å²) in [5.41, 5.74) is 2.96. The third kappa shape index (κ3) is 3.87. The lowest BCUT2D eigenvalue weighted by Gasteiger charge is -2.29. The summed E-state index contributed by atoms with van der Waals surface area (Å²) in [7, 11) is 0. The van der Waals surface area contributed by atoms with Gasteiger partial charge in [-0.25, -0.2) is 0 Å². The highest BCUT2D eigenvalue weighted by Gasteiger charge is 2.25. The van der Waals surface area contributed by atoms with Gasteiger partial charge in [0.2, 0.25) is 0 Å². The average Bonchev–Trinajstić information content (AvgIpc) is 2.73. The summed E-state index contributed by atoms with van der Waals surface area (Å²) >= 11 is 0. The molecule has 2 heterocycles. The van der Waals surface area contributed by atoms with Gasteiger partial charge in [0.1, 0.15) is 5.69 Å². The highest BCUT2D eigenvalue weighted by atomic mass is 16.2. The first kappa shape index (κ1) is 17.7. The quantitative estimate of drug-likeness (QED) is 0.904. The number of pyridine rings is 1. The molecule has 140 valence electrons. The maximum absolute atomic E-state index is 13.1. The second-order valence-electron chi connectivity index (χ2n) is 7.43. The van der Waals surface area contributed by atoms with Crippen LogP contribution in [0.1, 0.15) is 64.9 Å². The molecule has 2 aromatic rings. The molecule has 2 amide bonds. The summed E-state index contributed by atoms with van der Waals surface area (Å²) in [6.45, 7) is 0.677. The fourth-order valence-electron chi connectivity index (χ4n) is 4.09. The zero-order valence-electron chi connectivity index (χ0n) is 15.5. The standard InChI is InChI=1S/C22H25N3O2/c26-21(24-18-9-2-1-3-10-18)17-12-13-23-19(15-17)22(27)25-14-6-8-16-7-4-5-11-20(16)25/h4-5,7,11-13,15,18H,1-3,6,8-10,14H2,(H,24,26). The number of nitrogens with zero attached hydrogens (tertiary/aromatic N) is 2. The van der Waals surface area contributed by atoms with Gasteiger partial charge in [-0.05, 0) is 49.4 Å². The van der Waals surface area contributed by atoms with Crippen LogP contribution in [0, 0.1) is 0 Å². The van der Waals surface area contributed by atoms with Crippen LogP contribution in [-0.2, 0) is 6.42 Å². The molecule has 1 aromatic carbocycles. The second kappa shape index (κ2) is 7.91. The van der Waals surface area contributed by atoms with E-state index < -0.39 is 0 Å². The van der Waals surface area contributed by atoms with Crippen molar-refractivity contribution in [1.29, 1.82) is 0 Å². The summed E-state index contributed by atoms with van der Waals surface area (Å²) in [6, 6.07) is 11.5. The van der Waals surface area contributed by atoms with Gasteiger partial charge in [-0.3, -0.25) is 14.6 Å². The number of aryl methyl sites for hydroxylation is 1. The number of rotatable bonds is 3. The van der Waals surface area contributed by atoms with Gasteiger partial charge in [0, 0.05) is 30.0 Å². The smallest absolute Gasteiger partial charge is 0.276 e. The van der Waals surface area contributed by atoms with Crippen molar-refractivity contribution in [1.82, 2.24) is 10.3 Å². The minimum Gasteiger partial charge on any atom is -0.349 e. The first-order valence-corrected chi connectivity index (χ1v) is 9.89. The molecular weight excluding hydrogens is 338 g/mol.